The van der Waals surface area contributed by atoms with Crippen molar-refractivity contribution in [2.75, 3.05) is 43.9 Å². The minimum absolute atomic E-state index is 0.0759. The predicted molar refractivity (Wildman–Crippen MR) is 168 cm³/mol. The average molecular weight is 615 g/mol. The Morgan fingerprint density at radius 2 is 1.78 bits per heavy atom. The van der Waals surface area contributed by atoms with E-state index in [1.165, 1.54) is 12.1 Å². The van der Waals surface area contributed by atoms with Crippen molar-refractivity contribution in [1.29, 1.82) is 0 Å². The molecule has 12 heteroatoms. The van der Waals surface area contributed by atoms with Gasteiger partial charge in [0.2, 0.25) is 0 Å². The number of halogens is 3. The molecule has 0 radical (unpaired) electrons. The Morgan fingerprint density at radius 1 is 0.978 bits per heavy atom. The molecule has 0 spiro atoms. The first-order valence-corrected chi connectivity index (χ1v) is 14.6. The van der Waals surface area contributed by atoms with E-state index in [9.17, 15) is 18.0 Å². The van der Waals surface area contributed by atoms with Gasteiger partial charge in [-0.3, -0.25) is 14.7 Å². The second-order valence-corrected chi connectivity index (χ2v) is 11.4. The third kappa shape index (κ3) is 6.66. The molecule has 5 aromatic rings. The molecule has 2 aromatic carbocycles. The molecule has 0 atom stereocenters. The molecular weight excluding hydrogens is 581 g/mol. The van der Waals surface area contributed by atoms with Crippen molar-refractivity contribution in [1.82, 2.24) is 29.3 Å². The van der Waals surface area contributed by atoms with E-state index in [0.717, 1.165) is 41.3 Å². The standard InChI is InChI=1S/C33H33F3N8O/c1-21-6-7-22(17-28(21)40-31-29-27(10-12-43(29)3)39-30(41-31)23-5-4-11-37-19-23)32(45)38-25-9-8-24(26(18-25)33(34,35)36)20-44-15-13-42(2)14-16-44/h4-12,17-19H,13-16,20H2,1-3H3,(H,38,45)(H,39,40,41). The van der Waals surface area contributed by atoms with Gasteiger partial charge in [-0.25, -0.2) is 9.97 Å². The summed E-state index contributed by atoms with van der Waals surface area (Å²) in [4.78, 5) is 31.1. The van der Waals surface area contributed by atoms with E-state index in [2.05, 4.69) is 25.5 Å². The number of carbonyl (C=O) groups excluding carboxylic acids is 1. The van der Waals surface area contributed by atoms with Crippen molar-refractivity contribution in [3.05, 3.63) is 95.4 Å². The van der Waals surface area contributed by atoms with Gasteiger partial charge in [-0.1, -0.05) is 12.1 Å². The topological polar surface area (TPSA) is 91.2 Å². The first-order valence-electron chi connectivity index (χ1n) is 14.6. The van der Waals surface area contributed by atoms with Crippen LogP contribution < -0.4 is 10.6 Å². The zero-order valence-electron chi connectivity index (χ0n) is 25.2. The first-order chi connectivity index (χ1) is 21.5. The zero-order chi connectivity index (χ0) is 31.7. The van der Waals surface area contributed by atoms with Gasteiger partial charge in [0.25, 0.3) is 5.91 Å². The number of rotatable bonds is 7. The molecule has 2 N–H and O–H groups in total. The minimum atomic E-state index is -4.56. The number of piperazine rings is 1. The Balaban J connectivity index is 1.25. The molecule has 0 unspecified atom stereocenters. The van der Waals surface area contributed by atoms with E-state index in [0.29, 0.717) is 30.4 Å². The third-order valence-corrected chi connectivity index (χ3v) is 8.06. The first kappa shape index (κ1) is 30.2. The van der Waals surface area contributed by atoms with Gasteiger partial charge < -0.3 is 20.1 Å². The van der Waals surface area contributed by atoms with Crippen LogP contribution in [0.3, 0.4) is 0 Å². The van der Waals surface area contributed by atoms with Crippen molar-refractivity contribution < 1.29 is 18.0 Å². The van der Waals surface area contributed by atoms with Gasteiger partial charge in [-0.05, 0) is 67.6 Å². The Labute approximate surface area is 258 Å². The van der Waals surface area contributed by atoms with Crippen molar-refractivity contribution in [2.24, 2.45) is 7.05 Å². The fourth-order valence-corrected chi connectivity index (χ4v) is 5.44. The van der Waals surface area contributed by atoms with Crippen LogP contribution in [0.1, 0.15) is 27.0 Å². The lowest BCUT2D eigenvalue weighted by Crippen LogP contribution is -2.44. The number of nitrogens with one attached hydrogen (secondary N) is 2. The molecule has 9 nitrogen and oxygen atoms in total. The summed E-state index contributed by atoms with van der Waals surface area (Å²) < 4.78 is 44.2. The van der Waals surface area contributed by atoms with Gasteiger partial charge in [0.15, 0.2) is 11.6 Å². The van der Waals surface area contributed by atoms with Crippen molar-refractivity contribution in [2.45, 2.75) is 19.6 Å². The number of aryl methyl sites for hydroxylation is 2. The van der Waals surface area contributed by atoms with Gasteiger partial charge in [-0.2, -0.15) is 13.2 Å². The lowest BCUT2D eigenvalue weighted by molar-refractivity contribution is -0.138. The molecular formula is C33H33F3N8O. The number of carbonyl (C=O) groups is 1. The highest BCUT2D eigenvalue weighted by atomic mass is 19.4. The van der Waals surface area contributed by atoms with E-state index in [-0.39, 0.29) is 23.4 Å². The molecule has 232 valence electrons. The maximum absolute atomic E-state index is 14.1. The van der Waals surface area contributed by atoms with Gasteiger partial charge in [0, 0.05) is 80.9 Å². The number of aromatic nitrogens is 4. The SMILES string of the molecule is Cc1ccc(C(=O)Nc2ccc(CN3CCN(C)CC3)c(C(F)(F)F)c2)cc1Nc1nc(-c2cccnc2)nc2ccn(C)c12. The molecule has 1 aliphatic rings. The summed E-state index contributed by atoms with van der Waals surface area (Å²) in [5, 5.41) is 6.02. The lowest BCUT2D eigenvalue weighted by atomic mass is 10.0. The van der Waals surface area contributed by atoms with Crippen LogP contribution >= 0.6 is 0 Å². The third-order valence-electron chi connectivity index (χ3n) is 8.06. The Bertz CT molecular complexity index is 1850. The quantitative estimate of drug-likeness (QED) is 0.229. The molecule has 6 rings (SSSR count). The predicted octanol–water partition coefficient (Wildman–Crippen LogP) is 6.10. The monoisotopic (exact) mass is 614 g/mol. The number of likely N-dealkylation sites (N-methyl/N-ethyl adjacent to an activating group) is 1. The van der Waals surface area contributed by atoms with Gasteiger partial charge >= 0.3 is 6.18 Å². The Hall–Kier alpha value is -4.81. The summed E-state index contributed by atoms with van der Waals surface area (Å²) in [6.07, 6.45) is 0.696. The minimum Gasteiger partial charge on any atom is -0.346 e. The smallest absolute Gasteiger partial charge is 0.346 e. The number of fused-ring (bicyclic) bond motifs is 1. The molecule has 3 aromatic heterocycles. The van der Waals surface area contributed by atoms with Crippen LogP contribution in [-0.4, -0.2) is 68.5 Å². The summed E-state index contributed by atoms with van der Waals surface area (Å²) in [7, 11) is 3.89. The van der Waals surface area contributed by atoms with Gasteiger partial charge in [0.05, 0.1) is 11.1 Å². The Kier molecular flexibility index (Phi) is 8.26. The fourth-order valence-electron chi connectivity index (χ4n) is 5.44. The number of amides is 1. The highest BCUT2D eigenvalue weighted by Crippen LogP contribution is 2.35. The van der Waals surface area contributed by atoms with Crippen LogP contribution in [0.15, 0.2) is 73.2 Å². The second-order valence-electron chi connectivity index (χ2n) is 11.4. The van der Waals surface area contributed by atoms with E-state index in [1.54, 1.807) is 30.6 Å². The normalized spacial score (nSPS) is 14.5. The maximum atomic E-state index is 14.1. The molecule has 0 saturated carbocycles. The number of pyridine rings is 1. The lowest BCUT2D eigenvalue weighted by Gasteiger charge is -2.33. The second kappa shape index (κ2) is 12.3. The fraction of sp³-hybridized carbons (Fsp3) is 0.273. The van der Waals surface area contributed by atoms with Crippen LogP contribution in [-0.2, 0) is 19.8 Å². The molecule has 4 heterocycles. The zero-order valence-corrected chi connectivity index (χ0v) is 25.2. The highest BCUT2D eigenvalue weighted by Gasteiger charge is 2.34. The number of hydrogen-bond acceptors (Lipinski definition) is 7. The highest BCUT2D eigenvalue weighted by molar-refractivity contribution is 6.05. The van der Waals surface area contributed by atoms with Crippen molar-refractivity contribution >= 4 is 34.1 Å². The molecule has 0 aliphatic carbocycles. The molecule has 1 aliphatic heterocycles. The van der Waals surface area contributed by atoms with E-state index < -0.39 is 17.6 Å². The van der Waals surface area contributed by atoms with Crippen LogP contribution in [0.2, 0.25) is 0 Å². The number of benzene rings is 2. The number of alkyl halides is 3. The van der Waals surface area contributed by atoms with E-state index in [4.69, 9.17) is 4.98 Å². The number of anilines is 3. The number of hydrogen-bond donors (Lipinski definition) is 2. The largest absolute Gasteiger partial charge is 0.416 e. The van der Waals surface area contributed by atoms with Crippen LogP contribution in [0.4, 0.5) is 30.4 Å². The molecule has 1 amide bonds. The number of nitrogens with zero attached hydrogens (tertiary/aromatic N) is 6. The van der Waals surface area contributed by atoms with Gasteiger partial charge in [-0.15, -0.1) is 0 Å². The summed E-state index contributed by atoms with van der Waals surface area (Å²) in [6.45, 7) is 5.11. The van der Waals surface area contributed by atoms with Crippen molar-refractivity contribution in [3.8, 4) is 11.4 Å². The van der Waals surface area contributed by atoms with Crippen molar-refractivity contribution in [3.63, 3.8) is 0 Å². The maximum Gasteiger partial charge on any atom is 0.416 e. The molecule has 1 saturated heterocycles. The van der Waals surface area contributed by atoms with E-state index >= 15 is 0 Å². The van der Waals surface area contributed by atoms with Crippen LogP contribution in [0.5, 0.6) is 0 Å². The van der Waals surface area contributed by atoms with Crippen LogP contribution in [0, 0.1) is 6.92 Å². The van der Waals surface area contributed by atoms with Gasteiger partial charge in [0.1, 0.15) is 5.52 Å². The van der Waals surface area contributed by atoms with E-state index in [1.807, 2.05) is 54.9 Å². The molecule has 45 heavy (non-hydrogen) atoms. The molecule has 1 fully saturated rings. The molecule has 0 bridgehead atoms. The summed E-state index contributed by atoms with van der Waals surface area (Å²) in [6, 6.07) is 14.7. The summed E-state index contributed by atoms with van der Waals surface area (Å²) in [5.41, 5.74) is 3.53. The van der Waals surface area contributed by atoms with Crippen LogP contribution in [0.25, 0.3) is 22.4 Å². The Morgan fingerprint density at radius 3 is 2.51 bits per heavy atom. The average Bonchev–Trinajstić information content (AvgIpc) is 3.40. The summed E-state index contributed by atoms with van der Waals surface area (Å²) >= 11 is 0. The summed E-state index contributed by atoms with van der Waals surface area (Å²) in [5.74, 6) is 0.505.